The van der Waals surface area contributed by atoms with Gasteiger partial charge in [0.2, 0.25) is 0 Å². The van der Waals surface area contributed by atoms with Gasteiger partial charge in [0.05, 0.1) is 10.8 Å². The number of aliphatic hydroxyl groups excluding tert-OH is 1. The molecule has 0 saturated heterocycles. The predicted molar refractivity (Wildman–Crippen MR) is 60.0 cm³/mol. The van der Waals surface area contributed by atoms with E-state index in [2.05, 4.69) is 12.6 Å². The van der Waals surface area contributed by atoms with Crippen LogP contribution in [0.3, 0.4) is 0 Å². The third-order valence-electron chi connectivity index (χ3n) is 1.90. The molecule has 68 valence electrons. The number of hydrogen-bond donors (Lipinski definition) is 2. The molecule has 0 amide bonds. The number of thiol groups is 1. The Morgan fingerprint density at radius 3 is 2.92 bits per heavy atom. The Balaban J connectivity index is 2.88. The second-order valence-electron chi connectivity index (χ2n) is 2.66. The van der Waals surface area contributed by atoms with Crippen LogP contribution in [-0.2, 0) is 6.61 Å². The molecule has 0 saturated carbocycles. The molecule has 1 N–H and O–H groups in total. The second kappa shape index (κ2) is 3.50. The molecule has 0 aliphatic rings. The summed E-state index contributed by atoms with van der Waals surface area (Å²) in [6.07, 6.45) is 0. The van der Waals surface area contributed by atoms with Crippen LogP contribution in [0.2, 0.25) is 5.02 Å². The summed E-state index contributed by atoms with van der Waals surface area (Å²) >= 11 is 11.8. The Morgan fingerprint density at radius 1 is 1.46 bits per heavy atom. The van der Waals surface area contributed by atoms with Crippen molar-refractivity contribution in [2.24, 2.45) is 0 Å². The maximum absolute atomic E-state index is 9.13. The first-order valence-electron chi connectivity index (χ1n) is 3.73. The predicted octanol–water partition coefficient (Wildman–Crippen LogP) is 3.34. The minimum absolute atomic E-state index is 0.0113. The summed E-state index contributed by atoms with van der Waals surface area (Å²) in [5.41, 5.74) is 0.828. The molecule has 1 aromatic heterocycles. The molecule has 0 unspecified atom stereocenters. The van der Waals surface area contributed by atoms with E-state index in [9.17, 15) is 0 Å². The molecule has 0 fully saturated rings. The lowest BCUT2D eigenvalue weighted by atomic mass is 10.2. The fourth-order valence-electron chi connectivity index (χ4n) is 1.30. The van der Waals surface area contributed by atoms with Gasteiger partial charge in [0, 0.05) is 20.7 Å². The van der Waals surface area contributed by atoms with Crippen molar-refractivity contribution in [2.75, 3.05) is 0 Å². The molecule has 0 aliphatic heterocycles. The van der Waals surface area contributed by atoms with E-state index >= 15 is 0 Å². The molecule has 0 spiro atoms. The molecule has 0 atom stereocenters. The summed E-state index contributed by atoms with van der Waals surface area (Å²) in [6, 6.07) is 5.70. The van der Waals surface area contributed by atoms with Gasteiger partial charge >= 0.3 is 0 Å². The molecule has 2 aromatic rings. The molecule has 2 rings (SSSR count). The van der Waals surface area contributed by atoms with Crippen LogP contribution in [-0.4, -0.2) is 5.11 Å². The lowest BCUT2D eigenvalue weighted by Crippen LogP contribution is -1.81. The van der Waals surface area contributed by atoms with Crippen LogP contribution in [0, 0.1) is 0 Å². The van der Waals surface area contributed by atoms with Gasteiger partial charge in [0.15, 0.2) is 0 Å². The lowest BCUT2D eigenvalue weighted by molar-refractivity contribution is 0.281. The van der Waals surface area contributed by atoms with Gasteiger partial charge < -0.3 is 5.11 Å². The van der Waals surface area contributed by atoms with Crippen LogP contribution in [0.5, 0.6) is 0 Å². The fourth-order valence-corrected chi connectivity index (χ4v) is 3.10. The second-order valence-corrected chi connectivity index (χ2v) is 4.87. The molecular weight excluding hydrogens is 224 g/mol. The summed E-state index contributed by atoms with van der Waals surface area (Å²) in [7, 11) is 0. The summed E-state index contributed by atoms with van der Waals surface area (Å²) < 4.78 is 1.91. The van der Waals surface area contributed by atoms with E-state index in [0.717, 1.165) is 19.9 Å². The van der Waals surface area contributed by atoms with E-state index in [0.29, 0.717) is 5.02 Å². The Kier molecular flexibility index (Phi) is 2.51. The summed E-state index contributed by atoms with van der Waals surface area (Å²) in [6.45, 7) is -0.0113. The van der Waals surface area contributed by atoms with Gasteiger partial charge in [-0.15, -0.1) is 24.0 Å². The van der Waals surface area contributed by atoms with E-state index in [1.807, 2.05) is 18.2 Å². The molecule has 0 aliphatic carbocycles. The van der Waals surface area contributed by atoms with Crippen molar-refractivity contribution in [3.63, 3.8) is 0 Å². The number of hydrogen-bond acceptors (Lipinski definition) is 3. The summed E-state index contributed by atoms with van der Waals surface area (Å²) in [4.78, 5) is 0. The summed E-state index contributed by atoms with van der Waals surface area (Å²) in [5.74, 6) is 0. The fraction of sp³-hybridized carbons (Fsp3) is 0.111. The first-order valence-corrected chi connectivity index (χ1v) is 5.38. The molecule has 1 aromatic carbocycles. The van der Waals surface area contributed by atoms with E-state index in [-0.39, 0.29) is 6.61 Å². The first-order chi connectivity index (χ1) is 6.24. The van der Waals surface area contributed by atoms with Crippen molar-refractivity contribution in [1.29, 1.82) is 0 Å². The SMILES string of the molecule is OCc1c(S)sc2cccc(Cl)c12. The molecule has 1 nitrogen and oxygen atoms in total. The highest BCUT2D eigenvalue weighted by atomic mass is 35.5. The van der Waals surface area contributed by atoms with E-state index in [1.165, 1.54) is 11.3 Å². The van der Waals surface area contributed by atoms with E-state index in [1.54, 1.807) is 0 Å². The highest BCUT2D eigenvalue weighted by molar-refractivity contribution is 7.83. The Morgan fingerprint density at radius 2 is 2.23 bits per heavy atom. The van der Waals surface area contributed by atoms with Crippen LogP contribution in [0.1, 0.15) is 5.56 Å². The number of aliphatic hydroxyl groups is 1. The van der Waals surface area contributed by atoms with Gasteiger partial charge in [-0.25, -0.2) is 0 Å². The number of rotatable bonds is 1. The number of thiophene rings is 1. The van der Waals surface area contributed by atoms with Crippen molar-refractivity contribution in [2.45, 2.75) is 10.8 Å². The molecular formula is C9H7ClOS2. The van der Waals surface area contributed by atoms with Crippen molar-refractivity contribution < 1.29 is 5.11 Å². The van der Waals surface area contributed by atoms with E-state index in [4.69, 9.17) is 16.7 Å². The maximum atomic E-state index is 9.13. The number of halogens is 1. The molecule has 0 bridgehead atoms. The standard InChI is InChI=1S/C9H7ClOS2/c10-6-2-1-3-7-8(6)5(4-11)9(12)13-7/h1-3,11-12H,4H2. The zero-order chi connectivity index (χ0) is 9.42. The van der Waals surface area contributed by atoms with Crippen molar-refractivity contribution >= 4 is 45.7 Å². The highest BCUT2D eigenvalue weighted by Crippen LogP contribution is 2.37. The minimum atomic E-state index is -0.0113. The van der Waals surface area contributed by atoms with Crippen LogP contribution >= 0.6 is 35.6 Å². The minimum Gasteiger partial charge on any atom is -0.392 e. The highest BCUT2D eigenvalue weighted by Gasteiger charge is 2.10. The van der Waals surface area contributed by atoms with Crippen LogP contribution in [0.4, 0.5) is 0 Å². The Bertz CT molecular complexity index is 450. The van der Waals surface area contributed by atoms with Gasteiger partial charge in [-0.2, -0.15) is 0 Å². The number of fused-ring (bicyclic) bond motifs is 1. The van der Waals surface area contributed by atoms with Gasteiger partial charge in [0.1, 0.15) is 0 Å². The van der Waals surface area contributed by atoms with Crippen LogP contribution < -0.4 is 0 Å². The Labute approximate surface area is 90.4 Å². The average molecular weight is 231 g/mol. The largest absolute Gasteiger partial charge is 0.392 e. The zero-order valence-electron chi connectivity index (χ0n) is 6.62. The molecule has 0 radical (unpaired) electrons. The van der Waals surface area contributed by atoms with Crippen LogP contribution in [0.25, 0.3) is 10.1 Å². The Hall–Kier alpha value is -0.220. The first kappa shape index (κ1) is 9.34. The lowest BCUT2D eigenvalue weighted by Gasteiger charge is -1.96. The topological polar surface area (TPSA) is 20.2 Å². The normalized spacial score (nSPS) is 11.0. The monoisotopic (exact) mass is 230 g/mol. The van der Waals surface area contributed by atoms with Crippen molar-refractivity contribution in [3.8, 4) is 0 Å². The summed E-state index contributed by atoms with van der Waals surface area (Å²) in [5, 5.41) is 10.7. The molecule has 4 heteroatoms. The number of benzene rings is 1. The maximum Gasteiger partial charge on any atom is 0.0707 e. The third-order valence-corrected chi connectivity index (χ3v) is 3.76. The quantitative estimate of drug-likeness (QED) is 0.720. The molecule has 13 heavy (non-hydrogen) atoms. The van der Waals surface area contributed by atoms with E-state index < -0.39 is 0 Å². The van der Waals surface area contributed by atoms with Crippen LogP contribution in [0.15, 0.2) is 22.4 Å². The molecule has 1 heterocycles. The van der Waals surface area contributed by atoms with Gasteiger partial charge in [0.25, 0.3) is 0 Å². The smallest absolute Gasteiger partial charge is 0.0707 e. The van der Waals surface area contributed by atoms with Gasteiger partial charge in [-0.3, -0.25) is 0 Å². The average Bonchev–Trinajstić information content (AvgIpc) is 2.42. The van der Waals surface area contributed by atoms with Gasteiger partial charge in [-0.05, 0) is 12.1 Å². The van der Waals surface area contributed by atoms with Gasteiger partial charge in [-0.1, -0.05) is 17.7 Å². The van der Waals surface area contributed by atoms with Crippen molar-refractivity contribution in [3.05, 3.63) is 28.8 Å². The van der Waals surface area contributed by atoms with Crippen molar-refractivity contribution in [1.82, 2.24) is 0 Å². The third kappa shape index (κ3) is 1.46. The zero-order valence-corrected chi connectivity index (χ0v) is 9.09.